The van der Waals surface area contributed by atoms with Crippen molar-refractivity contribution < 1.29 is 0 Å². The maximum Gasteiger partial charge on any atom is 0.153 e. The summed E-state index contributed by atoms with van der Waals surface area (Å²) in [5.74, 6) is 0. The molecule has 12 heavy (non-hydrogen) atoms. The maximum atomic E-state index is 5.67. The van der Waals surface area contributed by atoms with Gasteiger partial charge < -0.3 is 0 Å². The van der Waals surface area contributed by atoms with Crippen molar-refractivity contribution in [3.63, 3.8) is 0 Å². The Bertz CT molecular complexity index is 396. The van der Waals surface area contributed by atoms with Gasteiger partial charge in [-0.1, -0.05) is 11.6 Å². The van der Waals surface area contributed by atoms with Crippen LogP contribution >= 0.6 is 24.0 Å². The molecule has 0 aromatic carbocycles. The van der Waals surface area contributed by atoms with Crippen molar-refractivity contribution in [2.75, 3.05) is 0 Å². The lowest BCUT2D eigenvalue weighted by Gasteiger charge is -1.89. The zero-order chi connectivity index (χ0) is 7.84. The molecular formula is C7H7Cl2N3. The third-order valence-electron chi connectivity index (χ3n) is 1.41. The lowest BCUT2D eigenvalue weighted by atomic mass is 10.6. The van der Waals surface area contributed by atoms with Crippen LogP contribution in [0.4, 0.5) is 0 Å². The number of aromatic nitrogens is 3. The summed E-state index contributed by atoms with van der Waals surface area (Å²) in [6, 6.07) is 3.56. The van der Waals surface area contributed by atoms with Crippen LogP contribution in [-0.2, 0) is 0 Å². The molecule has 0 aliphatic heterocycles. The molecule has 2 rings (SSSR count). The number of hydrogen-bond donors (Lipinski definition) is 0. The van der Waals surface area contributed by atoms with E-state index in [1.165, 1.54) is 0 Å². The Morgan fingerprint density at radius 1 is 1.42 bits per heavy atom. The fourth-order valence-corrected chi connectivity index (χ4v) is 1.12. The minimum atomic E-state index is 0. The van der Waals surface area contributed by atoms with Crippen LogP contribution in [-0.4, -0.2) is 14.6 Å². The zero-order valence-electron chi connectivity index (χ0n) is 6.36. The number of nitrogens with zero attached hydrogens (tertiary/aromatic N) is 3. The van der Waals surface area contributed by atoms with Crippen LogP contribution in [0.25, 0.3) is 5.65 Å². The van der Waals surface area contributed by atoms with E-state index in [1.54, 1.807) is 10.6 Å². The molecule has 0 unspecified atom stereocenters. The van der Waals surface area contributed by atoms with Crippen molar-refractivity contribution in [1.82, 2.24) is 14.6 Å². The molecule has 0 aliphatic carbocycles. The summed E-state index contributed by atoms with van der Waals surface area (Å²) in [5.41, 5.74) is 1.77. The molecule has 0 bridgehead atoms. The van der Waals surface area contributed by atoms with E-state index in [0.29, 0.717) is 5.15 Å². The van der Waals surface area contributed by atoms with Gasteiger partial charge in [0.05, 0.1) is 11.9 Å². The van der Waals surface area contributed by atoms with Crippen molar-refractivity contribution in [3.05, 3.63) is 29.2 Å². The predicted octanol–water partition coefficient (Wildman–Crippen LogP) is 2.11. The molecule has 0 saturated heterocycles. The second-order valence-electron chi connectivity index (χ2n) is 2.34. The standard InChI is InChI=1S/C7H6ClN3.ClH/c1-5-4-11-7(9-5)3-2-6(8)10-11;/h2-4H,1H3;1H. The Morgan fingerprint density at radius 3 is 2.92 bits per heavy atom. The van der Waals surface area contributed by atoms with Crippen LogP contribution in [0.15, 0.2) is 18.3 Å². The minimum Gasteiger partial charge on any atom is -0.232 e. The van der Waals surface area contributed by atoms with Gasteiger partial charge in [0, 0.05) is 0 Å². The van der Waals surface area contributed by atoms with E-state index in [4.69, 9.17) is 11.6 Å². The van der Waals surface area contributed by atoms with Crippen molar-refractivity contribution in [2.45, 2.75) is 6.92 Å². The molecule has 0 fully saturated rings. The first-order valence-electron chi connectivity index (χ1n) is 3.24. The Hall–Kier alpha value is -0.800. The van der Waals surface area contributed by atoms with Gasteiger partial charge in [-0.25, -0.2) is 9.50 Å². The van der Waals surface area contributed by atoms with Crippen LogP contribution in [0.2, 0.25) is 5.15 Å². The van der Waals surface area contributed by atoms with Crippen molar-refractivity contribution >= 4 is 29.7 Å². The lowest BCUT2D eigenvalue weighted by molar-refractivity contribution is 0.935. The molecule has 0 aliphatic rings. The molecule has 3 nitrogen and oxygen atoms in total. The minimum absolute atomic E-state index is 0. The molecule has 0 radical (unpaired) electrons. The molecule has 64 valence electrons. The zero-order valence-corrected chi connectivity index (χ0v) is 7.93. The third-order valence-corrected chi connectivity index (χ3v) is 1.61. The highest BCUT2D eigenvalue weighted by atomic mass is 35.5. The first kappa shape index (κ1) is 9.29. The summed E-state index contributed by atoms with van der Waals surface area (Å²) in [7, 11) is 0. The van der Waals surface area contributed by atoms with Gasteiger partial charge in [-0.05, 0) is 19.1 Å². The van der Waals surface area contributed by atoms with Gasteiger partial charge in [0.2, 0.25) is 0 Å². The molecule has 0 amide bonds. The predicted molar refractivity (Wildman–Crippen MR) is 50.0 cm³/mol. The van der Waals surface area contributed by atoms with Crippen LogP contribution in [0.1, 0.15) is 5.69 Å². The highest BCUT2D eigenvalue weighted by Crippen LogP contribution is 2.06. The van der Waals surface area contributed by atoms with E-state index in [1.807, 2.05) is 19.2 Å². The van der Waals surface area contributed by atoms with E-state index in [9.17, 15) is 0 Å². The second-order valence-corrected chi connectivity index (χ2v) is 2.73. The van der Waals surface area contributed by atoms with Crippen LogP contribution in [0.3, 0.4) is 0 Å². The maximum absolute atomic E-state index is 5.67. The Morgan fingerprint density at radius 2 is 2.17 bits per heavy atom. The van der Waals surface area contributed by atoms with Crippen molar-refractivity contribution in [3.8, 4) is 0 Å². The fourth-order valence-electron chi connectivity index (χ4n) is 0.977. The van der Waals surface area contributed by atoms with Crippen molar-refractivity contribution in [2.24, 2.45) is 0 Å². The summed E-state index contributed by atoms with van der Waals surface area (Å²) in [5, 5.41) is 4.50. The Balaban J connectivity index is 0.000000720. The molecular weight excluding hydrogens is 197 g/mol. The van der Waals surface area contributed by atoms with Crippen molar-refractivity contribution in [1.29, 1.82) is 0 Å². The highest BCUT2D eigenvalue weighted by molar-refractivity contribution is 6.29. The summed E-state index contributed by atoms with van der Waals surface area (Å²) in [6.07, 6.45) is 1.83. The summed E-state index contributed by atoms with van der Waals surface area (Å²) < 4.78 is 1.66. The van der Waals surface area contributed by atoms with Gasteiger partial charge in [-0.3, -0.25) is 0 Å². The molecule has 2 aromatic rings. The lowest BCUT2D eigenvalue weighted by Crippen LogP contribution is -1.88. The van der Waals surface area contributed by atoms with Crippen LogP contribution in [0, 0.1) is 6.92 Å². The largest absolute Gasteiger partial charge is 0.232 e. The van der Waals surface area contributed by atoms with E-state index < -0.39 is 0 Å². The van der Waals surface area contributed by atoms with Gasteiger partial charge >= 0.3 is 0 Å². The average molecular weight is 204 g/mol. The number of halogens is 2. The SMILES string of the molecule is Cc1cn2nc(Cl)ccc2n1.Cl. The summed E-state index contributed by atoms with van der Waals surface area (Å²) in [6.45, 7) is 1.92. The Labute approximate surface area is 80.8 Å². The monoisotopic (exact) mass is 203 g/mol. The number of hydrogen-bond acceptors (Lipinski definition) is 2. The Kier molecular flexibility index (Phi) is 2.55. The quantitative estimate of drug-likeness (QED) is 0.657. The molecule has 0 saturated carbocycles. The first-order chi connectivity index (χ1) is 5.25. The summed E-state index contributed by atoms with van der Waals surface area (Å²) in [4.78, 5) is 4.20. The number of aryl methyl sites for hydroxylation is 1. The fraction of sp³-hybridized carbons (Fsp3) is 0.143. The van der Waals surface area contributed by atoms with Gasteiger partial charge in [-0.2, -0.15) is 5.10 Å². The molecule has 2 aromatic heterocycles. The van der Waals surface area contributed by atoms with E-state index in [-0.39, 0.29) is 12.4 Å². The van der Waals surface area contributed by atoms with E-state index >= 15 is 0 Å². The smallest absolute Gasteiger partial charge is 0.153 e. The molecule has 0 atom stereocenters. The third kappa shape index (κ3) is 1.52. The highest BCUT2D eigenvalue weighted by Gasteiger charge is 1.97. The van der Waals surface area contributed by atoms with E-state index in [2.05, 4.69) is 10.1 Å². The second kappa shape index (κ2) is 3.29. The normalized spacial score (nSPS) is 9.83. The molecule has 0 spiro atoms. The van der Waals surface area contributed by atoms with Gasteiger partial charge in [0.15, 0.2) is 5.65 Å². The van der Waals surface area contributed by atoms with Crippen LogP contribution < -0.4 is 0 Å². The number of imidazole rings is 1. The summed E-state index contributed by atoms with van der Waals surface area (Å²) >= 11 is 5.67. The number of rotatable bonds is 0. The topological polar surface area (TPSA) is 30.2 Å². The van der Waals surface area contributed by atoms with Gasteiger partial charge in [0.1, 0.15) is 5.15 Å². The molecule has 0 N–H and O–H groups in total. The number of fused-ring (bicyclic) bond motifs is 1. The van der Waals surface area contributed by atoms with Gasteiger partial charge in [0.25, 0.3) is 0 Å². The average Bonchev–Trinajstić information content (AvgIpc) is 2.27. The molecule has 5 heteroatoms. The first-order valence-corrected chi connectivity index (χ1v) is 3.62. The van der Waals surface area contributed by atoms with Crippen LogP contribution in [0.5, 0.6) is 0 Å². The van der Waals surface area contributed by atoms with Gasteiger partial charge in [-0.15, -0.1) is 12.4 Å². The van der Waals surface area contributed by atoms with E-state index in [0.717, 1.165) is 11.3 Å². The molecule has 2 heterocycles.